The maximum Gasteiger partial charge on any atom is 0.185 e. The largest absolute Gasteiger partial charge is 0.491 e. The lowest BCUT2D eigenvalue weighted by Crippen LogP contribution is -2.13. The molecule has 42 heavy (non-hydrogen) atoms. The maximum atomic E-state index is 11.1. The number of rotatable bonds is 16. The molecule has 0 unspecified atom stereocenters. The lowest BCUT2D eigenvalue weighted by molar-refractivity contribution is 0.000164. The highest BCUT2D eigenvalue weighted by molar-refractivity contribution is 5.97. The van der Waals surface area contributed by atoms with Gasteiger partial charge in [0.05, 0.1) is 57.3 Å². The number of ether oxygens (including phenoxy) is 5. The number of aromatic amines is 1. The van der Waals surface area contributed by atoms with Crippen molar-refractivity contribution in [3.05, 3.63) is 53.9 Å². The highest BCUT2D eigenvalue weighted by Crippen LogP contribution is 2.15. The molecule has 0 fully saturated rings. The molecule has 10 nitrogen and oxygen atoms in total. The molecule has 2 N–H and O–H groups in total. The summed E-state index contributed by atoms with van der Waals surface area (Å²) in [6, 6.07) is 12.9. The number of anilines is 1. The Labute approximate surface area is 252 Å². The number of aromatic nitrogens is 2. The van der Waals surface area contributed by atoms with Crippen molar-refractivity contribution in [1.82, 2.24) is 9.97 Å². The number of carbonyl (C=O) groups is 2. The average molecular weight is 592 g/mol. The Morgan fingerprint density at radius 1 is 0.810 bits per heavy atom. The number of methoxy groups -OCH3 is 1. The Balaban J connectivity index is 0. The quantitative estimate of drug-likeness (QED) is 0.110. The number of nitrogens with one attached hydrogen (secondary N) is 2. The SMILES string of the molecule is CC.CC.CC.CC(=O)c1ccc2nc(C=O)[nH]c2c1.CNc1ccc(OCCOCCOCCOCCOC)cc1. The number of fused-ring (bicyclic) bond motifs is 1. The van der Waals surface area contributed by atoms with Gasteiger partial charge in [0.1, 0.15) is 12.4 Å². The Morgan fingerprint density at radius 3 is 1.81 bits per heavy atom. The molecule has 0 spiro atoms. The van der Waals surface area contributed by atoms with Gasteiger partial charge in [-0.3, -0.25) is 9.59 Å². The van der Waals surface area contributed by atoms with Crippen LogP contribution in [0.15, 0.2) is 42.5 Å². The number of imidazole rings is 1. The van der Waals surface area contributed by atoms with Crippen molar-refractivity contribution in [2.45, 2.75) is 48.5 Å². The molecule has 0 radical (unpaired) electrons. The van der Waals surface area contributed by atoms with Crippen LogP contribution in [0.2, 0.25) is 0 Å². The van der Waals surface area contributed by atoms with Gasteiger partial charge in [-0.1, -0.05) is 41.5 Å². The summed E-state index contributed by atoms with van der Waals surface area (Å²) in [6.45, 7) is 18.0. The molecular weight excluding hydrogens is 538 g/mol. The van der Waals surface area contributed by atoms with Gasteiger partial charge in [0.25, 0.3) is 0 Å². The van der Waals surface area contributed by atoms with E-state index in [0.717, 1.165) is 11.4 Å². The maximum absolute atomic E-state index is 11.1. The second-order valence-electron chi connectivity index (χ2n) is 7.48. The Morgan fingerprint density at radius 2 is 1.33 bits per heavy atom. The van der Waals surface area contributed by atoms with Gasteiger partial charge < -0.3 is 34.0 Å². The minimum absolute atomic E-state index is 0.00541. The molecule has 0 amide bonds. The third kappa shape index (κ3) is 18.9. The number of hydrogen-bond acceptors (Lipinski definition) is 9. The van der Waals surface area contributed by atoms with Crippen LogP contribution in [-0.4, -0.2) is 89.0 Å². The molecule has 0 aliphatic carbocycles. The van der Waals surface area contributed by atoms with Crippen LogP contribution in [0.3, 0.4) is 0 Å². The van der Waals surface area contributed by atoms with Crippen LogP contribution >= 0.6 is 0 Å². The van der Waals surface area contributed by atoms with Gasteiger partial charge >= 0.3 is 0 Å². The van der Waals surface area contributed by atoms with Gasteiger partial charge in [-0.25, -0.2) is 4.98 Å². The Bertz CT molecular complexity index is 1040. The van der Waals surface area contributed by atoms with Crippen LogP contribution in [0.1, 0.15) is 69.4 Å². The average Bonchev–Trinajstić information content (AvgIpc) is 3.48. The van der Waals surface area contributed by atoms with Crippen molar-refractivity contribution in [3.8, 4) is 5.75 Å². The Kier molecular flexibility index (Phi) is 28.4. The minimum Gasteiger partial charge on any atom is -0.491 e. The van der Waals surface area contributed by atoms with Crippen molar-refractivity contribution in [2.75, 3.05) is 72.3 Å². The summed E-state index contributed by atoms with van der Waals surface area (Å²) in [5, 5.41) is 3.06. The molecule has 0 atom stereocenters. The molecule has 0 saturated heterocycles. The van der Waals surface area contributed by atoms with E-state index in [9.17, 15) is 9.59 Å². The first-order chi connectivity index (χ1) is 20.6. The monoisotopic (exact) mass is 591 g/mol. The molecule has 2 aromatic carbocycles. The molecule has 0 saturated carbocycles. The molecule has 238 valence electrons. The van der Waals surface area contributed by atoms with E-state index in [0.29, 0.717) is 75.7 Å². The zero-order valence-electron chi connectivity index (χ0n) is 27.1. The smallest absolute Gasteiger partial charge is 0.185 e. The van der Waals surface area contributed by atoms with Gasteiger partial charge in [0, 0.05) is 25.4 Å². The van der Waals surface area contributed by atoms with Crippen molar-refractivity contribution in [1.29, 1.82) is 0 Å². The number of Topliss-reactive ketones (excluding diaryl/α,β-unsaturated/α-hetero) is 1. The molecule has 0 bridgehead atoms. The number of nitrogens with zero attached hydrogens (tertiary/aromatic N) is 1. The zero-order valence-corrected chi connectivity index (χ0v) is 27.1. The number of hydrogen-bond donors (Lipinski definition) is 2. The van der Waals surface area contributed by atoms with Crippen LogP contribution in [0.25, 0.3) is 11.0 Å². The first-order valence-corrected chi connectivity index (χ1v) is 14.7. The number of H-pyrrole nitrogens is 1. The fraction of sp³-hybridized carbons (Fsp3) is 0.531. The van der Waals surface area contributed by atoms with Crippen molar-refractivity contribution in [2.24, 2.45) is 0 Å². The predicted octanol–water partition coefficient (Wildman–Crippen LogP) is 6.46. The van der Waals surface area contributed by atoms with Crippen molar-refractivity contribution in [3.63, 3.8) is 0 Å². The Hall–Kier alpha value is -3.31. The van der Waals surface area contributed by atoms with Gasteiger partial charge in [-0.15, -0.1) is 0 Å². The lowest BCUT2D eigenvalue weighted by Gasteiger charge is -2.08. The van der Waals surface area contributed by atoms with E-state index >= 15 is 0 Å². The van der Waals surface area contributed by atoms with Crippen LogP contribution in [0.5, 0.6) is 5.75 Å². The number of carbonyl (C=O) groups excluding carboxylic acids is 2. The standard InChI is InChI=1S/C16H27NO5.C10H8N2O2.3C2H6/c1-17-15-3-5-16(6-4-15)22-14-13-21-12-11-20-10-9-19-8-7-18-2;1-6(14)7-2-3-8-9(4-7)12-10(5-13)11-8;3*1-2/h3-6,17H,7-14H2,1-2H3;2-5H,1H3,(H,11,12);3*1-2H3. The molecule has 1 heterocycles. The molecule has 3 rings (SSSR count). The summed E-state index contributed by atoms with van der Waals surface area (Å²) in [7, 11) is 3.54. The molecule has 0 aliphatic heterocycles. The molecule has 0 aliphatic rings. The minimum atomic E-state index is -0.00541. The van der Waals surface area contributed by atoms with Gasteiger partial charge in [-0.05, 0) is 49.4 Å². The third-order valence-corrected chi connectivity index (χ3v) is 4.83. The lowest BCUT2D eigenvalue weighted by atomic mass is 10.1. The topological polar surface area (TPSA) is 121 Å². The first kappa shape index (κ1) is 40.8. The van der Waals surface area contributed by atoms with E-state index < -0.39 is 0 Å². The molecule has 3 aromatic rings. The second-order valence-corrected chi connectivity index (χ2v) is 7.48. The number of benzene rings is 2. The molecule has 10 heteroatoms. The number of ketones is 1. The van der Waals surface area contributed by atoms with E-state index in [1.165, 1.54) is 6.92 Å². The molecule has 1 aromatic heterocycles. The first-order valence-electron chi connectivity index (χ1n) is 14.7. The van der Waals surface area contributed by atoms with E-state index in [1.54, 1.807) is 25.3 Å². The van der Waals surface area contributed by atoms with E-state index in [4.69, 9.17) is 23.7 Å². The van der Waals surface area contributed by atoms with Gasteiger partial charge in [0.2, 0.25) is 0 Å². The van der Waals surface area contributed by atoms with E-state index in [1.807, 2.05) is 72.9 Å². The normalized spacial score (nSPS) is 9.45. The highest BCUT2D eigenvalue weighted by atomic mass is 16.6. The summed E-state index contributed by atoms with van der Waals surface area (Å²) < 4.78 is 26.5. The van der Waals surface area contributed by atoms with Gasteiger partial charge in [-0.2, -0.15) is 0 Å². The highest BCUT2D eigenvalue weighted by Gasteiger charge is 2.04. The summed E-state index contributed by atoms with van der Waals surface area (Å²) in [6.07, 6.45) is 0.646. The van der Waals surface area contributed by atoms with E-state index in [2.05, 4.69) is 15.3 Å². The van der Waals surface area contributed by atoms with Crippen LogP contribution in [0.4, 0.5) is 5.69 Å². The van der Waals surface area contributed by atoms with Crippen molar-refractivity contribution >= 4 is 28.8 Å². The van der Waals surface area contributed by atoms with Gasteiger partial charge in [0.15, 0.2) is 17.9 Å². The van der Waals surface area contributed by atoms with Crippen LogP contribution in [0, 0.1) is 0 Å². The third-order valence-electron chi connectivity index (χ3n) is 4.83. The van der Waals surface area contributed by atoms with E-state index in [-0.39, 0.29) is 11.6 Å². The van der Waals surface area contributed by atoms with Crippen LogP contribution in [-0.2, 0) is 18.9 Å². The predicted molar refractivity (Wildman–Crippen MR) is 171 cm³/mol. The summed E-state index contributed by atoms with van der Waals surface area (Å²) in [5.74, 6) is 1.11. The summed E-state index contributed by atoms with van der Waals surface area (Å²) in [4.78, 5) is 28.3. The second kappa shape index (κ2) is 29.2. The summed E-state index contributed by atoms with van der Waals surface area (Å²) in [5.41, 5.74) is 3.07. The molecular formula is C32H53N3O7. The fourth-order valence-corrected chi connectivity index (χ4v) is 2.92. The van der Waals surface area contributed by atoms with Crippen molar-refractivity contribution < 1.29 is 33.3 Å². The zero-order chi connectivity index (χ0) is 32.0. The fourth-order valence-electron chi connectivity index (χ4n) is 2.92. The number of aldehydes is 1. The van der Waals surface area contributed by atoms with Crippen LogP contribution < -0.4 is 10.1 Å². The summed E-state index contributed by atoms with van der Waals surface area (Å²) >= 11 is 0.